The van der Waals surface area contributed by atoms with Gasteiger partial charge in [-0.25, -0.2) is 0 Å². The van der Waals surface area contributed by atoms with Gasteiger partial charge < -0.3 is 0 Å². The molecule has 0 aliphatic carbocycles. The van der Waals surface area contributed by atoms with Crippen molar-refractivity contribution in [2.75, 3.05) is 0 Å². The third-order valence-corrected chi connectivity index (χ3v) is 7.68. The van der Waals surface area contributed by atoms with Gasteiger partial charge in [0.25, 0.3) is 0 Å². The van der Waals surface area contributed by atoms with Crippen LogP contribution in [0, 0.1) is 35.5 Å². The van der Waals surface area contributed by atoms with Gasteiger partial charge in [-0.2, -0.15) is 0 Å². The van der Waals surface area contributed by atoms with Gasteiger partial charge in [0.2, 0.25) is 0 Å². The average molecular weight is 457 g/mol. The molecule has 0 amide bonds. The number of unbranched alkanes of at least 4 members (excludes halogenated alkanes) is 1. The maximum absolute atomic E-state index is 2.34. The minimum absolute atomic E-state index is 0.917. The van der Waals surface area contributed by atoms with Crippen LogP contribution in [0.5, 0.6) is 0 Å². The minimum atomic E-state index is 0.917. The van der Waals surface area contributed by atoms with E-state index in [2.05, 4.69) is 96.9 Å². The van der Waals surface area contributed by atoms with Crippen molar-refractivity contribution in [2.24, 2.45) is 35.5 Å². The Kier molecular flexibility index (Phi) is 38.0. The highest BCUT2D eigenvalue weighted by molar-refractivity contribution is 4.57. The monoisotopic (exact) mass is 457 g/mol. The zero-order valence-corrected chi connectivity index (χ0v) is 25.9. The van der Waals surface area contributed by atoms with Crippen LogP contribution in [0.4, 0.5) is 0 Å². The summed E-state index contributed by atoms with van der Waals surface area (Å²) >= 11 is 0. The first-order valence-corrected chi connectivity index (χ1v) is 15.0. The van der Waals surface area contributed by atoms with Gasteiger partial charge in [0.15, 0.2) is 0 Å². The molecule has 0 aliphatic rings. The molecule has 0 spiro atoms. The van der Waals surface area contributed by atoms with Crippen LogP contribution in [0.3, 0.4) is 0 Å². The van der Waals surface area contributed by atoms with Crippen LogP contribution in [0.15, 0.2) is 0 Å². The van der Waals surface area contributed by atoms with Crippen LogP contribution in [0.1, 0.15) is 174 Å². The first-order valence-electron chi connectivity index (χ1n) is 15.0. The number of hydrogen-bond donors (Lipinski definition) is 0. The van der Waals surface area contributed by atoms with Gasteiger partial charge in [-0.1, -0.05) is 168 Å². The van der Waals surface area contributed by atoms with Crippen molar-refractivity contribution in [1.29, 1.82) is 0 Å². The summed E-state index contributed by atoms with van der Waals surface area (Å²) in [5, 5.41) is 0. The largest absolute Gasteiger partial charge is 0.0654 e. The zero-order chi connectivity index (χ0) is 25.9. The third-order valence-electron chi connectivity index (χ3n) is 7.68. The maximum Gasteiger partial charge on any atom is -0.0420 e. The minimum Gasteiger partial charge on any atom is -0.0654 e. The van der Waals surface area contributed by atoms with E-state index in [1.165, 1.54) is 77.0 Å². The third kappa shape index (κ3) is 34.6. The van der Waals surface area contributed by atoms with Crippen LogP contribution >= 0.6 is 0 Å². The van der Waals surface area contributed by atoms with Crippen LogP contribution in [-0.2, 0) is 0 Å². The van der Waals surface area contributed by atoms with Gasteiger partial charge >= 0.3 is 0 Å². The van der Waals surface area contributed by atoms with Crippen molar-refractivity contribution in [1.82, 2.24) is 0 Å². The van der Waals surface area contributed by atoms with Crippen molar-refractivity contribution < 1.29 is 0 Å². The molecule has 0 fully saturated rings. The second-order valence-electron chi connectivity index (χ2n) is 11.0. The van der Waals surface area contributed by atoms with Crippen molar-refractivity contribution in [3.8, 4) is 0 Å². The Hall–Kier alpha value is 0. The Morgan fingerprint density at radius 1 is 0.375 bits per heavy atom. The van der Waals surface area contributed by atoms with Gasteiger partial charge in [-0.15, -0.1) is 0 Å². The molecule has 6 atom stereocenters. The fourth-order valence-electron chi connectivity index (χ4n) is 3.28. The highest BCUT2D eigenvalue weighted by atomic mass is 14.1. The predicted octanol–water partition coefficient (Wildman–Crippen LogP) is 12.6. The topological polar surface area (TPSA) is 0 Å². The lowest BCUT2D eigenvalue weighted by molar-refractivity contribution is 0.367. The van der Waals surface area contributed by atoms with Crippen molar-refractivity contribution in [3.05, 3.63) is 0 Å². The summed E-state index contributed by atoms with van der Waals surface area (Å²) in [6, 6.07) is 0. The normalized spacial score (nSPS) is 15.9. The Morgan fingerprint density at radius 2 is 0.719 bits per heavy atom. The first kappa shape index (κ1) is 39.2. The van der Waals surface area contributed by atoms with Gasteiger partial charge in [0, 0.05) is 0 Å². The van der Waals surface area contributed by atoms with Crippen molar-refractivity contribution >= 4 is 0 Å². The summed E-state index contributed by atoms with van der Waals surface area (Å²) < 4.78 is 0. The standard InChI is InChI=1S/C9H20.2C8H18.C7H16/c1-5-8(3)7-9(4)6-2;1-5-7(3)8(4)6-2;1-4-6-7-8(3)5-2;1-4-6-7(3)5-2/h8-9H,5-7H2,1-4H3;7-8H,5-6H2,1-4H3;8H,4-7H2,1-3H3;7H,4-6H2,1-3H3. The molecule has 0 N–H and O–H groups in total. The maximum atomic E-state index is 2.34. The Balaban J connectivity index is -0.000000164. The molecule has 32 heavy (non-hydrogen) atoms. The molecule has 0 saturated carbocycles. The Bertz CT molecular complexity index is 278. The van der Waals surface area contributed by atoms with E-state index < -0.39 is 0 Å². The highest BCUT2D eigenvalue weighted by Crippen LogP contribution is 2.17. The molecular formula is C32H72. The molecule has 0 aromatic carbocycles. The molecule has 0 heterocycles. The van der Waals surface area contributed by atoms with E-state index in [1.54, 1.807) is 0 Å². The molecule has 0 radical (unpaired) electrons. The Morgan fingerprint density at radius 3 is 0.938 bits per heavy atom. The Labute approximate surface area is 209 Å². The van der Waals surface area contributed by atoms with Gasteiger partial charge in [0.05, 0.1) is 0 Å². The fourth-order valence-corrected chi connectivity index (χ4v) is 3.28. The molecule has 200 valence electrons. The van der Waals surface area contributed by atoms with E-state index in [4.69, 9.17) is 0 Å². The smallest absolute Gasteiger partial charge is 0.0420 e. The summed E-state index contributed by atoms with van der Waals surface area (Å²) in [6.07, 6.45) is 16.4. The van der Waals surface area contributed by atoms with Crippen molar-refractivity contribution in [2.45, 2.75) is 174 Å². The lowest BCUT2D eigenvalue weighted by Crippen LogP contribution is -2.04. The first-order chi connectivity index (χ1) is 15.0. The predicted molar refractivity (Wildman–Crippen MR) is 156 cm³/mol. The highest BCUT2D eigenvalue weighted by Gasteiger charge is 2.05. The van der Waals surface area contributed by atoms with E-state index in [0.29, 0.717) is 0 Å². The molecule has 0 heteroatoms. The van der Waals surface area contributed by atoms with Crippen molar-refractivity contribution in [3.63, 3.8) is 0 Å². The van der Waals surface area contributed by atoms with Crippen LogP contribution in [0.2, 0.25) is 0 Å². The SMILES string of the molecule is CCC(C)C(C)CC.CCC(C)CC(C)CC.CCCC(C)CC.CCCCC(C)CC. The summed E-state index contributed by atoms with van der Waals surface area (Å²) in [5.74, 6) is 5.60. The number of rotatable bonds is 14. The van der Waals surface area contributed by atoms with E-state index in [-0.39, 0.29) is 0 Å². The lowest BCUT2D eigenvalue weighted by atomic mass is 9.92. The molecule has 0 aromatic rings. The molecular weight excluding hydrogens is 384 g/mol. The van der Waals surface area contributed by atoms with E-state index in [1.807, 2.05) is 0 Å². The second-order valence-corrected chi connectivity index (χ2v) is 11.0. The lowest BCUT2D eigenvalue weighted by Gasteiger charge is -2.14. The molecule has 0 aliphatic heterocycles. The van der Waals surface area contributed by atoms with E-state index in [9.17, 15) is 0 Å². The van der Waals surface area contributed by atoms with Crippen LogP contribution in [0.25, 0.3) is 0 Å². The molecule has 0 rings (SSSR count). The van der Waals surface area contributed by atoms with Gasteiger partial charge in [-0.3, -0.25) is 0 Å². The van der Waals surface area contributed by atoms with Gasteiger partial charge in [0.1, 0.15) is 0 Å². The van der Waals surface area contributed by atoms with Crippen LogP contribution in [-0.4, -0.2) is 0 Å². The molecule has 0 bridgehead atoms. The van der Waals surface area contributed by atoms with E-state index in [0.717, 1.165) is 35.5 Å². The van der Waals surface area contributed by atoms with Gasteiger partial charge in [-0.05, 0) is 41.9 Å². The molecule has 0 saturated heterocycles. The fraction of sp³-hybridized carbons (Fsp3) is 1.00. The number of hydrogen-bond acceptors (Lipinski definition) is 0. The quantitative estimate of drug-likeness (QED) is 0.244. The molecule has 0 aromatic heterocycles. The summed E-state index contributed by atoms with van der Waals surface area (Å²) in [4.78, 5) is 0. The zero-order valence-electron chi connectivity index (χ0n) is 25.9. The summed E-state index contributed by atoms with van der Waals surface area (Å²) in [7, 11) is 0. The van der Waals surface area contributed by atoms with Crippen LogP contribution < -0.4 is 0 Å². The average Bonchev–Trinajstić information content (AvgIpc) is 2.82. The summed E-state index contributed by atoms with van der Waals surface area (Å²) in [6.45, 7) is 32.0. The molecule has 6 unspecified atom stereocenters. The molecule has 0 nitrogen and oxygen atoms in total. The van der Waals surface area contributed by atoms with E-state index >= 15 is 0 Å². The second kappa shape index (κ2) is 31.0. The summed E-state index contributed by atoms with van der Waals surface area (Å²) in [5.41, 5.74) is 0.